The van der Waals surface area contributed by atoms with Gasteiger partial charge in [0.2, 0.25) is 5.78 Å². The summed E-state index contributed by atoms with van der Waals surface area (Å²) in [5.74, 6) is -5.24. The highest BCUT2D eigenvalue weighted by molar-refractivity contribution is 6.03. The lowest BCUT2D eigenvalue weighted by molar-refractivity contribution is 0.00157. The molecule has 4 nitrogen and oxygen atoms in total. The van der Waals surface area contributed by atoms with Crippen LogP contribution in [0, 0.1) is 0 Å². The molecule has 0 unspecified atom stereocenters. The first kappa shape index (κ1) is 11.8. The van der Waals surface area contributed by atoms with Crippen LogP contribution in [-0.4, -0.2) is 29.3 Å². The number of H-pyrrole nitrogens is 1. The van der Waals surface area contributed by atoms with Gasteiger partial charge in [0.25, 0.3) is 0 Å². The minimum atomic E-state index is -3.34. The lowest BCUT2D eigenvalue weighted by Crippen LogP contribution is -2.34. The molecule has 2 rings (SSSR count). The quantitative estimate of drug-likeness (QED) is 0.808. The van der Waals surface area contributed by atoms with E-state index in [1.807, 2.05) is 0 Å². The molecule has 1 aromatic heterocycles. The molecule has 17 heavy (non-hydrogen) atoms. The first-order valence-electron chi connectivity index (χ1n) is 5.27. The highest BCUT2D eigenvalue weighted by Crippen LogP contribution is 2.33. The van der Waals surface area contributed by atoms with Crippen LogP contribution >= 0.6 is 0 Å². The number of carbonyl (C=O) groups is 2. The van der Waals surface area contributed by atoms with Crippen LogP contribution in [0.15, 0.2) is 6.07 Å². The molecule has 1 aliphatic rings. The molecule has 6 heteroatoms. The van der Waals surface area contributed by atoms with Crippen LogP contribution in [-0.2, 0) is 11.2 Å². The monoisotopic (exact) mass is 243 g/mol. The van der Waals surface area contributed by atoms with E-state index < -0.39 is 24.1 Å². The maximum atomic E-state index is 13.1. The summed E-state index contributed by atoms with van der Waals surface area (Å²) < 4.78 is 31.0. The molecule has 0 spiro atoms. The van der Waals surface area contributed by atoms with Crippen molar-refractivity contribution in [1.29, 1.82) is 0 Å². The summed E-state index contributed by atoms with van der Waals surface area (Å²) in [7, 11) is 0. The van der Waals surface area contributed by atoms with E-state index in [1.54, 1.807) is 6.92 Å². The Hall–Kier alpha value is -1.72. The Balaban J connectivity index is 2.34. The second-order valence-corrected chi connectivity index (χ2v) is 3.84. The number of aryl methyl sites for hydroxylation is 1. The van der Waals surface area contributed by atoms with Gasteiger partial charge in [0.05, 0.1) is 12.3 Å². The van der Waals surface area contributed by atoms with Crippen molar-refractivity contribution in [3.05, 3.63) is 23.0 Å². The average Bonchev–Trinajstić information content (AvgIpc) is 2.69. The number of Topliss-reactive ketones (excluding diaryl/α,β-unsaturated/α-hetero) is 1. The van der Waals surface area contributed by atoms with Gasteiger partial charge < -0.3 is 9.72 Å². The van der Waals surface area contributed by atoms with E-state index in [1.165, 1.54) is 6.07 Å². The Labute approximate surface area is 96.0 Å². The number of carbonyl (C=O) groups excluding carboxylic acids is 2. The molecule has 1 N–H and O–H groups in total. The molecule has 92 valence electrons. The topological polar surface area (TPSA) is 59.2 Å². The van der Waals surface area contributed by atoms with Crippen molar-refractivity contribution in [3.8, 4) is 0 Å². The molecule has 0 saturated heterocycles. The van der Waals surface area contributed by atoms with E-state index in [2.05, 4.69) is 4.98 Å². The number of aromatic nitrogens is 1. The molecule has 0 radical (unpaired) electrons. The fraction of sp³-hybridized carbons (Fsp3) is 0.455. The minimum absolute atomic E-state index is 0.0444. The maximum absolute atomic E-state index is 13.1. The van der Waals surface area contributed by atoms with Crippen molar-refractivity contribution in [2.75, 3.05) is 6.61 Å². The summed E-state index contributed by atoms with van der Waals surface area (Å²) in [6.07, 6.45) is -0.442. The first-order chi connectivity index (χ1) is 7.95. The van der Waals surface area contributed by atoms with Crippen molar-refractivity contribution in [1.82, 2.24) is 4.98 Å². The largest absolute Gasteiger partial charge is 0.461 e. The van der Waals surface area contributed by atoms with Gasteiger partial charge >= 0.3 is 11.9 Å². The lowest BCUT2D eigenvalue weighted by Gasteiger charge is -2.19. The third-order valence-corrected chi connectivity index (χ3v) is 2.66. The standard InChI is InChI=1S/C11H11F2NO3/c1-2-17-10(16)7-5-6-3-4-11(12,13)9(15)8(6)14-7/h5,14H,2-4H2,1H3. The summed E-state index contributed by atoms with van der Waals surface area (Å²) in [5.41, 5.74) is 0.316. The fourth-order valence-corrected chi connectivity index (χ4v) is 1.80. The average molecular weight is 243 g/mol. The van der Waals surface area contributed by atoms with E-state index in [0.29, 0.717) is 5.56 Å². The van der Waals surface area contributed by atoms with Crippen molar-refractivity contribution in [3.63, 3.8) is 0 Å². The Kier molecular flexibility index (Phi) is 2.73. The summed E-state index contributed by atoms with van der Waals surface area (Å²) in [4.78, 5) is 25.2. The zero-order valence-corrected chi connectivity index (χ0v) is 9.18. The van der Waals surface area contributed by atoms with Gasteiger partial charge in [0.15, 0.2) is 0 Å². The Morgan fingerprint density at radius 2 is 2.29 bits per heavy atom. The second kappa shape index (κ2) is 3.94. The number of ketones is 1. The van der Waals surface area contributed by atoms with E-state index in [-0.39, 0.29) is 24.4 Å². The molecule has 0 bridgehead atoms. The molecule has 0 amide bonds. The van der Waals surface area contributed by atoms with Crippen LogP contribution in [0.4, 0.5) is 8.78 Å². The molecule has 0 fully saturated rings. The minimum Gasteiger partial charge on any atom is -0.461 e. The van der Waals surface area contributed by atoms with Crippen molar-refractivity contribution < 1.29 is 23.1 Å². The number of nitrogens with one attached hydrogen (secondary N) is 1. The fourth-order valence-electron chi connectivity index (χ4n) is 1.80. The highest BCUT2D eigenvalue weighted by atomic mass is 19.3. The smallest absolute Gasteiger partial charge is 0.354 e. The Morgan fingerprint density at radius 1 is 1.59 bits per heavy atom. The normalized spacial score (nSPS) is 17.7. The number of rotatable bonds is 2. The van der Waals surface area contributed by atoms with Crippen LogP contribution in [0.3, 0.4) is 0 Å². The highest BCUT2D eigenvalue weighted by Gasteiger charge is 2.44. The van der Waals surface area contributed by atoms with Crippen molar-refractivity contribution in [2.24, 2.45) is 0 Å². The van der Waals surface area contributed by atoms with Crippen LogP contribution < -0.4 is 0 Å². The molecule has 0 aliphatic heterocycles. The van der Waals surface area contributed by atoms with Gasteiger partial charge in [-0.2, -0.15) is 8.78 Å². The number of alkyl halides is 2. The molecule has 1 heterocycles. The zero-order valence-electron chi connectivity index (χ0n) is 9.18. The number of halogens is 2. The zero-order chi connectivity index (χ0) is 12.6. The van der Waals surface area contributed by atoms with Crippen molar-refractivity contribution >= 4 is 11.8 Å². The number of fused-ring (bicyclic) bond motifs is 1. The van der Waals surface area contributed by atoms with E-state index in [0.717, 1.165) is 0 Å². The number of hydrogen-bond donors (Lipinski definition) is 1. The molecule has 0 saturated carbocycles. The predicted octanol–water partition coefficient (Wildman–Crippen LogP) is 1.96. The lowest BCUT2D eigenvalue weighted by atomic mass is 9.93. The SMILES string of the molecule is CCOC(=O)c1cc2c([nH]1)C(=O)C(F)(F)CC2. The van der Waals surface area contributed by atoms with Crippen LogP contribution in [0.1, 0.15) is 39.9 Å². The Morgan fingerprint density at radius 3 is 2.94 bits per heavy atom. The number of hydrogen-bond acceptors (Lipinski definition) is 3. The van der Waals surface area contributed by atoms with E-state index >= 15 is 0 Å². The molecule has 1 aromatic rings. The second-order valence-electron chi connectivity index (χ2n) is 3.84. The summed E-state index contributed by atoms with van der Waals surface area (Å²) >= 11 is 0. The molecule has 1 aliphatic carbocycles. The van der Waals surface area contributed by atoms with Gasteiger partial charge in [0, 0.05) is 6.42 Å². The van der Waals surface area contributed by atoms with Gasteiger partial charge in [0.1, 0.15) is 5.69 Å². The van der Waals surface area contributed by atoms with Crippen LogP contribution in [0.2, 0.25) is 0 Å². The van der Waals surface area contributed by atoms with Gasteiger partial charge in [-0.25, -0.2) is 4.79 Å². The maximum Gasteiger partial charge on any atom is 0.354 e. The summed E-state index contributed by atoms with van der Waals surface area (Å²) in [5, 5.41) is 0. The van der Waals surface area contributed by atoms with Crippen LogP contribution in [0.5, 0.6) is 0 Å². The van der Waals surface area contributed by atoms with Gasteiger partial charge in [-0.15, -0.1) is 0 Å². The van der Waals surface area contributed by atoms with Gasteiger partial charge in [-0.05, 0) is 25.0 Å². The van der Waals surface area contributed by atoms with E-state index in [9.17, 15) is 18.4 Å². The summed E-state index contributed by atoms with van der Waals surface area (Å²) in [6, 6.07) is 1.40. The molecular formula is C11H11F2NO3. The van der Waals surface area contributed by atoms with Gasteiger partial charge in [-0.1, -0.05) is 0 Å². The number of esters is 1. The first-order valence-corrected chi connectivity index (χ1v) is 5.27. The Bertz CT molecular complexity index is 479. The molecule has 0 atom stereocenters. The molecule has 0 aromatic carbocycles. The van der Waals surface area contributed by atoms with Gasteiger partial charge in [-0.3, -0.25) is 4.79 Å². The molecular weight excluding hydrogens is 232 g/mol. The third-order valence-electron chi connectivity index (χ3n) is 2.66. The third kappa shape index (κ3) is 1.94. The van der Waals surface area contributed by atoms with E-state index in [4.69, 9.17) is 4.74 Å². The summed E-state index contributed by atoms with van der Waals surface area (Å²) in [6.45, 7) is 1.83. The predicted molar refractivity (Wildman–Crippen MR) is 54.3 cm³/mol. The number of ether oxygens (including phenoxy) is 1. The number of aromatic amines is 1. The van der Waals surface area contributed by atoms with Crippen molar-refractivity contribution in [2.45, 2.75) is 25.7 Å². The van der Waals surface area contributed by atoms with Crippen LogP contribution in [0.25, 0.3) is 0 Å².